The predicted octanol–water partition coefficient (Wildman–Crippen LogP) is 4.65. The first-order valence-electron chi connectivity index (χ1n) is 11.5. The van der Waals surface area contributed by atoms with E-state index in [-0.39, 0.29) is 33.6 Å². The maximum Gasteiger partial charge on any atom is 0.350 e. The Hall–Kier alpha value is -4.84. The van der Waals surface area contributed by atoms with E-state index in [4.69, 9.17) is 9.47 Å². The first-order valence-corrected chi connectivity index (χ1v) is 12.4. The summed E-state index contributed by atoms with van der Waals surface area (Å²) < 4.78 is 10.3. The fourth-order valence-corrected chi connectivity index (χ4v) is 5.16. The number of non-ortho nitro benzene ring substituents is 1. The number of nitrogens with zero attached hydrogens (tertiary/aromatic N) is 3. The average molecular weight is 550 g/mol. The van der Waals surface area contributed by atoms with Gasteiger partial charge < -0.3 is 14.6 Å². The van der Waals surface area contributed by atoms with Crippen molar-refractivity contribution in [2.75, 3.05) is 18.6 Å². The summed E-state index contributed by atoms with van der Waals surface area (Å²) in [6.07, 6.45) is 1.41. The number of aromatic nitrogens is 1. The predicted molar refractivity (Wildman–Crippen MR) is 143 cm³/mol. The first kappa shape index (κ1) is 27.2. The molecule has 1 aliphatic rings. The molecule has 1 fully saturated rings. The van der Waals surface area contributed by atoms with Crippen molar-refractivity contribution in [2.24, 2.45) is 0 Å². The lowest BCUT2D eigenvalue weighted by Crippen LogP contribution is -2.29. The molecule has 2 heterocycles. The minimum Gasteiger partial charge on any atom is -0.507 e. The molecule has 1 N–H and O–H groups in total. The molecule has 0 radical (unpaired) electrons. The first-order chi connectivity index (χ1) is 18.6. The van der Waals surface area contributed by atoms with Crippen molar-refractivity contribution in [3.63, 3.8) is 0 Å². The number of benzene rings is 2. The number of ether oxygens (including phenoxy) is 2. The standard InChI is InChI=1S/C27H23N3O8S/c1-5-12-38-26(34)24-15(3)28-27(39-24)29-21(16-6-8-17(9-7-16)30(35)36)20(23(32)25(29)33)22(31)19-11-10-18(37-4)13-14(19)2/h5-11,13,21,31H,1,12H2,2-4H3/b22-20+/t21-/m0/s1. The lowest BCUT2D eigenvalue weighted by molar-refractivity contribution is -0.384. The Bertz CT molecular complexity index is 1540. The van der Waals surface area contributed by atoms with Crippen LogP contribution in [0, 0.1) is 24.0 Å². The molecule has 1 aromatic heterocycles. The Labute approximate surface area is 226 Å². The highest BCUT2D eigenvalue weighted by molar-refractivity contribution is 7.17. The van der Waals surface area contributed by atoms with E-state index < -0.39 is 34.4 Å². The molecule has 2 aromatic carbocycles. The SMILES string of the molecule is C=CCOC(=O)c1sc(N2C(=O)C(=O)/C(=C(/O)c3ccc(OC)cc3C)[C@@H]2c2ccc([N+](=O)[O-])cc2)nc1C. The van der Waals surface area contributed by atoms with E-state index in [2.05, 4.69) is 11.6 Å². The lowest BCUT2D eigenvalue weighted by atomic mass is 9.94. The number of esters is 1. The quantitative estimate of drug-likeness (QED) is 0.0806. The van der Waals surface area contributed by atoms with E-state index in [1.807, 2.05) is 0 Å². The Morgan fingerprint density at radius 3 is 2.51 bits per heavy atom. The van der Waals surface area contributed by atoms with Gasteiger partial charge in [-0.3, -0.25) is 24.6 Å². The topological polar surface area (TPSA) is 149 Å². The Morgan fingerprint density at radius 1 is 1.23 bits per heavy atom. The summed E-state index contributed by atoms with van der Waals surface area (Å²) in [6, 6.07) is 8.91. The third kappa shape index (κ3) is 5.01. The number of carbonyl (C=O) groups is 3. The molecule has 1 saturated heterocycles. The van der Waals surface area contributed by atoms with Gasteiger partial charge in [0.15, 0.2) is 5.13 Å². The second-order valence-electron chi connectivity index (χ2n) is 8.50. The molecular formula is C27H23N3O8S. The molecule has 1 atom stereocenters. The molecule has 11 nitrogen and oxygen atoms in total. The average Bonchev–Trinajstić information content (AvgIpc) is 3.43. The van der Waals surface area contributed by atoms with Crippen LogP contribution in [0.25, 0.3) is 5.76 Å². The van der Waals surface area contributed by atoms with E-state index >= 15 is 0 Å². The number of nitro benzene ring substituents is 1. The fourth-order valence-electron chi connectivity index (χ4n) is 4.17. The number of hydrogen-bond acceptors (Lipinski definition) is 10. The normalized spacial score (nSPS) is 16.3. The van der Waals surface area contributed by atoms with Gasteiger partial charge in [0.05, 0.1) is 29.3 Å². The van der Waals surface area contributed by atoms with Gasteiger partial charge in [-0.05, 0) is 55.3 Å². The molecule has 0 aliphatic carbocycles. The minimum absolute atomic E-state index is 0.0222. The number of nitro groups is 1. The number of anilines is 1. The summed E-state index contributed by atoms with van der Waals surface area (Å²) in [7, 11) is 1.49. The third-order valence-corrected chi connectivity index (χ3v) is 7.20. The molecule has 4 rings (SSSR count). The molecular weight excluding hydrogens is 526 g/mol. The Kier molecular flexibility index (Phi) is 7.58. The van der Waals surface area contributed by atoms with Crippen molar-refractivity contribution in [1.29, 1.82) is 0 Å². The summed E-state index contributed by atoms with van der Waals surface area (Å²) >= 11 is 0.849. The number of aryl methyl sites for hydroxylation is 2. The van der Waals surface area contributed by atoms with Crippen LogP contribution < -0.4 is 9.64 Å². The van der Waals surface area contributed by atoms with Crippen molar-refractivity contribution >= 4 is 45.6 Å². The van der Waals surface area contributed by atoms with Gasteiger partial charge in [-0.2, -0.15) is 0 Å². The summed E-state index contributed by atoms with van der Waals surface area (Å²) in [4.78, 5) is 55.5. The van der Waals surface area contributed by atoms with Crippen LogP contribution in [0.5, 0.6) is 5.75 Å². The van der Waals surface area contributed by atoms with Gasteiger partial charge in [0.1, 0.15) is 23.0 Å². The van der Waals surface area contributed by atoms with Crippen LogP contribution >= 0.6 is 11.3 Å². The molecule has 1 amide bonds. The van der Waals surface area contributed by atoms with Gasteiger partial charge >= 0.3 is 11.9 Å². The van der Waals surface area contributed by atoms with Crippen molar-refractivity contribution in [3.05, 3.63) is 98.1 Å². The molecule has 0 bridgehead atoms. The molecule has 3 aromatic rings. The number of aliphatic hydroxyl groups is 1. The molecule has 1 aliphatic heterocycles. The fraction of sp³-hybridized carbons (Fsp3) is 0.185. The summed E-state index contributed by atoms with van der Waals surface area (Å²) in [5, 5.41) is 22.6. The zero-order valence-electron chi connectivity index (χ0n) is 21.2. The number of Topliss-reactive ketones (excluding diaryl/α,β-unsaturated/α-hetero) is 1. The largest absolute Gasteiger partial charge is 0.507 e. The van der Waals surface area contributed by atoms with Gasteiger partial charge in [-0.25, -0.2) is 9.78 Å². The van der Waals surface area contributed by atoms with Crippen LogP contribution in [0.2, 0.25) is 0 Å². The van der Waals surface area contributed by atoms with Crippen LogP contribution in [-0.4, -0.2) is 46.4 Å². The highest BCUT2D eigenvalue weighted by Crippen LogP contribution is 2.44. The number of ketones is 1. The number of methoxy groups -OCH3 is 1. The van der Waals surface area contributed by atoms with Crippen LogP contribution in [0.1, 0.15) is 38.1 Å². The van der Waals surface area contributed by atoms with E-state index in [0.717, 1.165) is 16.2 Å². The van der Waals surface area contributed by atoms with Crippen LogP contribution in [0.3, 0.4) is 0 Å². The molecule has 0 saturated carbocycles. The number of carbonyl (C=O) groups excluding carboxylic acids is 3. The monoisotopic (exact) mass is 549 g/mol. The van der Waals surface area contributed by atoms with Gasteiger partial charge in [0.25, 0.3) is 11.5 Å². The molecule has 39 heavy (non-hydrogen) atoms. The van der Waals surface area contributed by atoms with Crippen molar-refractivity contribution < 1.29 is 33.9 Å². The van der Waals surface area contributed by atoms with E-state index in [9.17, 15) is 29.6 Å². The Balaban J connectivity index is 1.91. The van der Waals surface area contributed by atoms with Crippen LogP contribution in [0.15, 0.2) is 60.7 Å². The lowest BCUT2D eigenvalue weighted by Gasteiger charge is -2.23. The maximum absolute atomic E-state index is 13.4. The van der Waals surface area contributed by atoms with Crippen LogP contribution in [0.4, 0.5) is 10.8 Å². The second kappa shape index (κ2) is 10.9. The summed E-state index contributed by atoms with van der Waals surface area (Å²) in [6.45, 7) is 6.74. The number of hydrogen-bond donors (Lipinski definition) is 1. The third-order valence-electron chi connectivity index (χ3n) is 6.06. The zero-order chi connectivity index (χ0) is 28.4. The van der Waals surface area contributed by atoms with Gasteiger partial charge in [0, 0.05) is 17.7 Å². The molecule has 0 spiro atoms. The van der Waals surface area contributed by atoms with E-state index in [1.54, 1.807) is 32.0 Å². The van der Waals surface area contributed by atoms with Gasteiger partial charge in [-0.15, -0.1) is 0 Å². The second-order valence-corrected chi connectivity index (χ2v) is 9.47. The molecule has 200 valence electrons. The van der Waals surface area contributed by atoms with Crippen molar-refractivity contribution in [3.8, 4) is 5.75 Å². The molecule has 12 heteroatoms. The van der Waals surface area contributed by atoms with Gasteiger partial charge in [0.2, 0.25) is 0 Å². The zero-order valence-corrected chi connectivity index (χ0v) is 22.0. The number of rotatable bonds is 8. The number of amides is 1. The van der Waals surface area contributed by atoms with E-state index in [0.29, 0.717) is 22.4 Å². The highest BCUT2D eigenvalue weighted by atomic mass is 32.1. The maximum atomic E-state index is 13.4. The van der Waals surface area contributed by atoms with Crippen molar-refractivity contribution in [2.45, 2.75) is 19.9 Å². The van der Waals surface area contributed by atoms with Crippen molar-refractivity contribution in [1.82, 2.24) is 4.98 Å². The Morgan fingerprint density at radius 2 is 1.92 bits per heavy atom. The summed E-state index contributed by atoms with van der Waals surface area (Å²) in [5.41, 5.74) is 1.04. The minimum atomic E-state index is -1.19. The smallest absolute Gasteiger partial charge is 0.350 e. The highest BCUT2D eigenvalue weighted by Gasteiger charge is 2.48. The van der Waals surface area contributed by atoms with E-state index in [1.165, 1.54) is 37.5 Å². The number of thiazole rings is 1. The molecule has 0 unspecified atom stereocenters. The number of aliphatic hydroxyl groups excluding tert-OH is 1. The summed E-state index contributed by atoms with van der Waals surface area (Å²) in [5.74, 6) is -2.53. The van der Waals surface area contributed by atoms with Gasteiger partial charge in [-0.1, -0.05) is 24.0 Å². The van der Waals surface area contributed by atoms with Crippen LogP contribution in [-0.2, 0) is 14.3 Å².